The van der Waals surface area contributed by atoms with E-state index in [1.165, 1.54) is 0 Å². The van der Waals surface area contributed by atoms with E-state index in [0.717, 1.165) is 9.26 Å². The molecule has 0 saturated heterocycles. The number of nitrogen functional groups attached to an aromatic ring is 1. The third kappa shape index (κ3) is 3.86. The summed E-state index contributed by atoms with van der Waals surface area (Å²) in [5.41, 5.74) is 7.52. The molecule has 20 heavy (non-hydrogen) atoms. The van der Waals surface area contributed by atoms with Crippen molar-refractivity contribution in [1.29, 1.82) is 0 Å². The molecule has 0 aliphatic carbocycles. The van der Waals surface area contributed by atoms with Gasteiger partial charge in [-0.2, -0.15) is 0 Å². The van der Waals surface area contributed by atoms with E-state index in [9.17, 15) is 4.79 Å². The lowest BCUT2D eigenvalue weighted by Gasteiger charge is -2.09. The highest BCUT2D eigenvalue weighted by Gasteiger charge is 2.09. The molecule has 2 aromatic carbocycles. The van der Waals surface area contributed by atoms with Gasteiger partial charge in [0.1, 0.15) is 5.75 Å². The molecule has 0 aliphatic heterocycles. The molecule has 0 bridgehead atoms. The maximum absolute atomic E-state index is 12.2. The van der Waals surface area contributed by atoms with Crippen molar-refractivity contribution < 1.29 is 9.53 Å². The third-order valence-electron chi connectivity index (χ3n) is 2.58. The highest BCUT2D eigenvalue weighted by molar-refractivity contribution is 14.1. The van der Waals surface area contributed by atoms with E-state index in [0.29, 0.717) is 23.6 Å². The first-order valence-electron chi connectivity index (χ1n) is 6.19. The van der Waals surface area contributed by atoms with Gasteiger partial charge in [0.25, 0.3) is 5.91 Å². The first-order chi connectivity index (χ1) is 9.58. The van der Waals surface area contributed by atoms with Crippen LogP contribution in [0.15, 0.2) is 42.5 Å². The summed E-state index contributed by atoms with van der Waals surface area (Å²) < 4.78 is 6.44. The molecular weight excluding hydrogens is 367 g/mol. The molecule has 2 rings (SSSR count). The van der Waals surface area contributed by atoms with Crippen molar-refractivity contribution >= 4 is 39.9 Å². The van der Waals surface area contributed by atoms with Gasteiger partial charge < -0.3 is 15.8 Å². The number of carbonyl (C=O) groups excluding carboxylic acids is 1. The van der Waals surface area contributed by atoms with E-state index in [4.69, 9.17) is 10.5 Å². The largest absolute Gasteiger partial charge is 0.494 e. The Hall–Kier alpha value is -1.76. The van der Waals surface area contributed by atoms with Gasteiger partial charge in [0.2, 0.25) is 0 Å². The Kier molecular flexibility index (Phi) is 4.84. The molecule has 5 heteroatoms. The fourth-order valence-electron chi connectivity index (χ4n) is 1.77. The van der Waals surface area contributed by atoms with Crippen LogP contribution in [0.4, 0.5) is 11.4 Å². The summed E-state index contributed by atoms with van der Waals surface area (Å²) in [5, 5.41) is 2.84. The van der Waals surface area contributed by atoms with E-state index < -0.39 is 0 Å². The molecule has 3 N–H and O–H groups in total. The summed E-state index contributed by atoms with van der Waals surface area (Å²) in [7, 11) is 0. The highest BCUT2D eigenvalue weighted by Crippen LogP contribution is 2.20. The van der Waals surface area contributed by atoms with E-state index in [2.05, 4.69) is 27.9 Å². The zero-order valence-electron chi connectivity index (χ0n) is 11.0. The number of halogens is 1. The van der Waals surface area contributed by atoms with E-state index in [-0.39, 0.29) is 5.91 Å². The lowest BCUT2D eigenvalue weighted by molar-refractivity contribution is 0.102. The molecule has 2 aromatic rings. The number of benzene rings is 2. The van der Waals surface area contributed by atoms with Crippen molar-refractivity contribution in [2.75, 3.05) is 17.7 Å². The minimum Gasteiger partial charge on any atom is -0.494 e. The first kappa shape index (κ1) is 14.6. The number of amides is 1. The van der Waals surface area contributed by atoms with Crippen molar-refractivity contribution in [2.45, 2.75) is 6.92 Å². The molecule has 0 unspecified atom stereocenters. The number of hydrogen-bond acceptors (Lipinski definition) is 3. The lowest BCUT2D eigenvalue weighted by Crippen LogP contribution is -2.12. The topological polar surface area (TPSA) is 64.3 Å². The van der Waals surface area contributed by atoms with Crippen molar-refractivity contribution in [1.82, 2.24) is 0 Å². The van der Waals surface area contributed by atoms with Crippen LogP contribution in [0, 0.1) is 3.57 Å². The number of nitrogens with one attached hydrogen (secondary N) is 1. The van der Waals surface area contributed by atoms with E-state index >= 15 is 0 Å². The zero-order chi connectivity index (χ0) is 14.5. The molecule has 0 aromatic heterocycles. The van der Waals surface area contributed by atoms with Crippen molar-refractivity contribution in [2.24, 2.45) is 0 Å². The molecule has 0 aliphatic rings. The van der Waals surface area contributed by atoms with Crippen LogP contribution in [-0.2, 0) is 0 Å². The minimum absolute atomic E-state index is 0.208. The Morgan fingerprint density at radius 1 is 1.30 bits per heavy atom. The molecule has 0 fully saturated rings. The van der Waals surface area contributed by atoms with Crippen molar-refractivity contribution in [3.8, 4) is 5.75 Å². The Bertz CT molecular complexity index is 629. The quantitative estimate of drug-likeness (QED) is 0.628. The molecular formula is C15H15IN2O2. The third-order valence-corrected chi connectivity index (χ3v) is 3.26. The van der Waals surface area contributed by atoms with Gasteiger partial charge in [0.15, 0.2) is 0 Å². The summed E-state index contributed by atoms with van der Waals surface area (Å²) in [6.07, 6.45) is 0. The van der Waals surface area contributed by atoms with E-state index in [1.807, 2.05) is 31.2 Å². The van der Waals surface area contributed by atoms with Crippen LogP contribution in [-0.4, -0.2) is 12.5 Å². The first-order valence-corrected chi connectivity index (χ1v) is 7.26. The second-order valence-corrected chi connectivity index (χ2v) is 5.43. The second-order valence-electron chi connectivity index (χ2n) is 4.19. The van der Waals surface area contributed by atoms with Crippen LogP contribution in [0.1, 0.15) is 17.3 Å². The van der Waals surface area contributed by atoms with Gasteiger partial charge in [-0.05, 0) is 59.8 Å². The molecule has 0 spiro atoms. The Morgan fingerprint density at radius 2 is 2.10 bits per heavy atom. The van der Waals surface area contributed by atoms with Crippen LogP contribution < -0.4 is 15.8 Å². The van der Waals surface area contributed by atoms with Crippen LogP contribution in [0.2, 0.25) is 0 Å². The predicted molar refractivity (Wildman–Crippen MR) is 89.1 cm³/mol. The number of rotatable bonds is 4. The smallest absolute Gasteiger partial charge is 0.255 e. The fourth-order valence-corrected chi connectivity index (χ4v) is 2.32. The van der Waals surface area contributed by atoms with Gasteiger partial charge >= 0.3 is 0 Å². The van der Waals surface area contributed by atoms with Gasteiger partial charge in [-0.1, -0.05) is 6.07 Å². The number of hydrogen-bond donors (Lipinski definition) is 2. The highest BCUT2D eigenvalue weighted by atomic mass is 127. The standard InChI is InChI=1S/C15H15IN2O2/c1-2-20-14-7-10(6-12(17)9-14)15(19)18-13-5-3-4-11(16)8-13/h3-9H,2,17H2,1H3,(H,18,19). The maximum Gasteiger partial charge on any atom is 0.255 e. The predicted octanol–water partition coefficient (Wildman–Crippen LogP) is 3.52. The lowest BCUT2D eigenvalue weighted by atomic mass is 10.1. The Balaban J connectivity index is 2.20. The normalized spacial score (nSPS) is 10.1. The average molecular weight is 382 g/mol. The molecule has 0 heterocycles. The number of anilines is 2. The zero-order valence-corrected chi connectivity index (χ0v) is 13.2. The van der Waals surface area contributed by atoms with Gasteiger partial charge in [-0.25, -0.2) is 0 Å². The van der Waals surface area contributed by atoms with Gasteiger partial charge in [-0.15, -0.1) is 0 Å². The average Bonchev–Trinajstić information content (AvgIpc) is 2.38. The summed E-state index contributed by atoms with van der Waals surface area (Å²) in [5.74, 6) is 0.389. The molecule has 4 nitrogen and oxygen atoms in total. The summed E-state index contributed by atoms with van der Waals surface area (Å²) in [6.45, 7) is 2.41. The second kappa shape index (κ2) is 6.60. The number of ether oxygens (including phenoxy) is 1. The minimum atomic E-state index is -0.208. The Morgan fingerprint density at radius 3 is 2.80 bits per heavy atom. The summed E-state index contributed by atoms with van der Waals surface area (Å²) >= 11 is 2.20. The molecule has 1 amide bonds. The van der Waals surface area contributed by atoms with Gasteiger partial charge in [-0.3, -0.25) is 4.79 Å². The molecule has 0 radical (unpaired) electrons. The van der Waals surface area contributed by atoms with Gasteiger partial charge in [0, 0.05) is 26.6 Å². The monoisotopic (exact) mass is 382 g/mol. The van der Waals surface area contributed by atoms with Crippen LogP contribution in [0.3, 0.4) is 0 Å². The molecule has 104 valence electrons. The fraction of sp³-hybridized carbons (Fsp3) is 0.133. The Labute approximate surface area is 131 Å². The van der Waals surface area contributed by atoms with Crippen molar-refractivity contribution in [3.05, 3.63) is 51.6 Å². The van der Waals surface area contributed by atoms with E-state index in [1.54, 1.807) is 18.2 Å². The van der Waals surface area contributed by atoms with Gasteiger partial charge in [0.05, 0.1) is 6.61 Å². The van der Waals surface area contributed by atoms with Crippen LogP contribution in [0.5, 0.6) is 5.75 Å². The molecule has 0 saturated carbocycles. The maximum atomic E-state index is 12.2. The summed E-state index contributed by atoms with van der Waals surface area (Å²) in [4.78, 5) is 12.2. The van der Waals surface area contributed by atoms with Crippen LogP contribution >= 0.6 is 22.6 Å². The number of carbonyl (C=O) groups is 1. The summed E-state index contributed by atoms with van der Waals surface area (Å²) in [6, 6.07) is 12.6. The van der Waals surface area contributed by atoms with Crippen LogP contribution in [0.25, 0.3) is 0 Å². The van der Waals surface area contributed by atoms with Crippen molar-refractivity contribution in [3.63, 3.8) is 0 Å². The molecule has 0 atom stereocenters. The SMILES string of the molecule is CCOc1cc(N)cc(C(=O)Nc2cccc(I)c2)c1. The number of nitrogens with two attached hydrogens (primary N) is 1.